The predicted molar refractivity (Wildman–Crippen MR) is 58.1 cm³/mol. The highest BCUT2D eigenvalue weighted by Crippen LogP contribution is 2.32. The maximum atomic E-state index is 11.1. The van der Waals surface area contributed by atoms with Crippen molar-refractivity contribution >= 4 is 12.0 Å². The Morgan fingerprint density at radius 1 is 1.31 bits per heavy atom. The van der Waals surface area contributed by atoms with Crippen molar-refractivity contribution < 1.29 is 14.7 Å². The zero-order chi connectivity index (χ0) is 11.5. The first-order chi connectivity index (χ1) is 7.66. The summed E-state index contributed by atoms with van der Waals surface area (Å²) in [6.07, 6.45) is 5.14. The zero-order valence-corrected chi connectivity index (χ0v) is 9.24. The van der Waals surface area contributed by atoms with E-state index in [4.69, 9.17) is 5.11 Å². The van der Waals surface area contributed by atoms with Gasteiger partial charge >= 0.3 is 12.0 Å². The number of fused-ring (bicyclic) bond motifs is 1. The lowest BCUT2D eigenvalue weighted by molar-refractivity contribution is -0.137. The van der Waals surface area contributed by atoms with Gasteiger partial charge in [-0.1, -0.05) is 6.42 Å². The third kappa shape index (κ3) is 2.46. The van der Waals surface area contributed by atoms with Crippen LogP contribution in [0.1, 0.15) is 38.5 Å². The van der Waals surface area contributed by atoms with Gasteiger partial charge in [0.25, 0.3) is 0 Å². The lowest BCUT2D eigenvalue weighted by Crippen LogP contribution is -2.33. The molecule has 3 N–H and O–H groups in total. The molecule has 5 nitrogen and oxygen atoms in total. The first-order valence-electron chi connectivity index (χ1n) is 5.95. The zero-order valence-electron chi connectivity index (χ0n) is 9.24. The van der Waals surface area contributed by atoms with Gasteiger partial charge in [0, 0.05) is 6.42 Å². The normalized spacial score (nSPS) is 32.0. The standard InChI is InChI=1S/C11H18N2O3/c14-9(15)4-2-1-3-7-5-6-8-10(7)13-11(16)12-8/h7-8,10H,1-6H2,(H,14,15)(H2,12,13,16). The molecule has 2 fully saturated rings. The SMILES string of the molecule is O=C(O)CCCCC1CCC2NC(=O)NC12. The number of hydrogen-bond acceptors (Lipinski definition) is 2. The highest BCUT2D eigenvalue weighted by atomic mass is 16.4. The Hall–Kier alpha value is -1.26. The van der Waals surface area contributed by atoms with Crippen LogP contribution in [-0.2, 0) is 4.79 Å². The van der Waals surface area contributed by atoms with Crippen molar-refractivity contribution in [1.29, 1.82) is 0 Å². The fourth-order valence-corrected chi connectivity index (χ4v) is 2.83. The maximum Gasteiger partial charge on any atom is 0.315 e. The van der Waals surface area contributed by atoms with Crippen LogP contribution in [-0.4, -0.2) is 29.2 Å². The second kappa shape index (κ2) is 4.72. The highest BCUT2D eigenvalue weighted by molar-refractivity contribution is 5.77. The van der Waals surface area contributed by atoms with E-state index in [9.17, 15) is 9.59 Å². The number of unbranched alkanes of at least 4 members (excludes halogenated alkanes) is 1. The van der Waals surface area contributed by atoms with E-state index in [1.165, 1.54) is 0 Å². The molecule has 5 heteroatoms. The van der Waals surface area contributed by atoms with Gasteiger partial charge in [-0.2, -0.15) is 0 Å². The predicted octanol–water partition coefficient (Wildman–Crippen LogP) is 1.09. The van der Waals surface area contributed by atoms with Gasteiger partial charge in [-0.15, -0.1) is 0 Å². The monoisotopic (exact) mass is 226 g/mol. The fraction of sp³-hybridized carbons (Fsp3) is 0.818. The summed E-state index contributed by atoms with van der Waals surface area (Å²) in [4.78, 5) is 21.5. The van der Waals surface area contributed by atoms with Crippen molar-refractivity contribution in [3.8, 4) is 0 Å². The molecule has 0 aromatic heterocycles. The van der Waals surface area contributed by atoms with E-state index in [0.29, 0.717) is 12.0 Å². The molecule has 0 aromatic rings. The van der Waals surface area contributed by atoms with E-state index in [1.54, 1.807) is 0 Å². The molecule has 3 atom stereocenters. The molecule has 0 spiro atoms. The van der Waals surface area contributed by atoms with Crippen molar-refractivity contribution in [3.05, 3.63) is 0 Å². The first kappa shape index (κ1) is 11.2. The Morgan fingerprint density at radius 2 is 2.12 bits per heavy atom. The van der Waals surface area contributed by atoms with Crippen LogP contribution < -0.4 is 10.6 Å². The van der Waals surface area contributed by atoms with Gasteiger partial charge in [-0.3, -0.25) is 4.79 Å². The Balaban J connectivity index is 1.70. The highest BCUT2D eigenvalue weighted by Gasteiger charge is 2.41. The van der Waals surface area contributed by atoms with Gasteiger partial charge in [0.2, 0.25) is 0 Å². The van der Waals surface area contributed by atoms with Gasteiger partial charge in [0.1, 0.15) is 0 Å². The number of nitrogens with one attached hydrogen (secondary N) is 2. The summed E-state index contributed by atoms with van der Waals surface area (Å²) < 4.78 is 0. The lowest BCUT2D eigenvalue weighted by atomic mass is 9.96. The van der Waals surface area contributed by atoms with E-state index in [2.05, 4.69) is 10.6 Å². The molecule has 0 radical (unpaired) electrons. The van der Waals surface area contributed by atoms with E-state index in [-0.39, 0.29) is 18.5 Å². The summed E-state index contributed by atoms with van der Waals surface area (Å²) in [5, 5.41) is 14.4. The maximum absolute atomic E-state index is 11.1. The van der Waals surface area contributed by atoms with Crippen LogP contribution >= 0.6 is 0 Å². The molecule has 1 saturated heterocycles. The van der Waals surface area contributed by atoms with Crippen LogP contribution in [0.15, 0.2) is 0 Å². The molecule has 1 saturated carbocycles. The molecule has 0 aromatic carbocycles. The van der Waals surface area contributed by atoms with Crippen LogP contribution in [0, 0.1) is 5.92 Å². The van der Waals surface area contributed by atoms with Crippen LogP contribution in [0.25, 0.3) is 0 Å². The number of aliphatic carboxylic acids is 1. The van der Waals surface area contributed by atoms with Crippen LogP contribution in [0.2, 0.25) is 0 Å². The Bertz CT molecular complexity index is 293. The second-order valence-electron chi connectivity index (χ2n) is 4.73. The number of carboxylic acids is 1. The van der Waals surface area contributed by atoms with Crippen LogP contribution in [0.5, 0.6) is 0 Å². The smallest absolute Gasteiger partial charge is 0.315 e. The first-order valence-corrected chi connectivity index (χ1v) is 5.95. The Labute approximate surface area is 94.6 Å². The van der Waals surface area contributed by atoms with Crippen LogP contribution in [0.4, 0.5) is 4.79 Å². The van der Waals surface area contributed by atoms with E-state index < -0.39 is 5.97 Å². The molecule has 90 valence electrons. The third-order valence-corrected chi connectivity index (χ3v) is 3.62. The number of urea groups is 1. The summed E-state index contributed by atoms with van der Waals surface area (Å²) in [6.45, 7) is 0. The number of carboxylic acid groups (broad SMARTS) is 1. The molecular weight excluding hydrogens is 208 g/mol. The number of rotatable bonds is 5. The minimum Gasteiger partial charge on any atom is -0.481 e. The molecule has 2 amide bonds. The van der Waals surface area contributed by atoms with Crippen molar-refractivity contribution in [3.63, 3.8) is 0 Å². The van der Waals surface area contributed by atoms with Gasteiger partial charge in [-0.25, -0.2) is 4.79 Å². The lowest BCUT2D eigenvalue weighted by Gasteiger charge is -2.17. The number of carbonyl (C=O) groups is 2. The van der Waals surface area contributed by atoms with Gasteiger partial charge in [0.15, 0.2) is 0 Å². The molecule has 1 aliphatic heterocycles. The topological polar surface area (TPSA) is 78.4 Å². The number of amides is 2. The molecule has 1 heterocycles. The average Bonchev–Trinajstić information content (AvgIpc) is 2.72. The van der Waals surface area contributed by atoms with Crippen molar-refractivity contribution in [1.82, 2.24) is 10.6 Å². The van der Waals surface area contributed by atoms with Gasteiger partial charge < -0.3 is 15.7 Å². The minimum atomic E-state index is -0.722. The second-order valence-corrected chi connectivity index (χ2v) is 4.73. The Kier molecular flexibility index (Phi) is 3.31. The summed E-state index contributed by atoms with van der Waals surface area (Å²) >= 11 is 0. The summed E-state index contributed by atoms with van der Waals surface area (Å²) in [7, 11) is 0. The molecule has 3 unspecified atom stereocenters. The molecule has 2 rings (SSSR count). The third-order valence-electron chi connectivity index (χ3n) is 3.62. The van der Waals surface area contributed by atoms with E-state index in [0.717, 1.165) is 32.1 Å². The molecule has 2 aliphatic rings. The van der Waals surface area contributed by atoms with E-state index in [1.807, 2.05) is 0 Å². The van der Waals surface area contributed by atoms with Gasteiger partial charge in [0.05, 0.1) is 12.1 Å². The van der Waals surface area contributed by atoms with Crippen LogP contribution in [0.3, 0.4) is 0 Å². The van der Waals surface area contributed by atoms with Crippen molar-refractivity contribution in [2.75, 3.05) is 0 Å². The number of carbonyl (C=O) groups excluding carboxylic acids is 1. The fourth-order valence-electron chi connectivity index (χ4n) is 2.83. The van der Waals surface area contributed by atoms with Crippen molar-refractivity contribution in [2.45, 2.75) is 50.6 Å². The minimum absolute atomic E-state index is 0.0507. The average molecular weight is 226 g/mol. The number of hydrogen-bond donors (Lipinski definition) is 3. The van der Waals surface area contributed by atoms with Gasteiger partial charge in [-0.05, 0) is 31.6 Å². The summed E-state index contributed by atoms with van der Waals surface area (Å²) in [5.74, 6) is -0.196. The molecular formula is C11H18N2O3. The molecule has 16 heavy (non-hydrogen) atoms. The molecule has 1 aliphatic carbocycles. The molecule has 0 bridgehead atoms. The van der Waals surface area contributed by atoms with Crippen molar-refractivity contribution in [2.24, 2.45) is 5.92 Å². The Morgan fingerprint density at radius 3 is 2.88 bits per heavy atom. The summed E-state index contributed by atoms with van der Waals surface area (Å²) in [5.41, 5.74) is 0. The largest absolute Gasteiger partial charge is 0.481 e. The van der Waals surface area contributed by atoms with E-state index >= 15 is 0 Å². The quantitative estimate of drug-likeness (QED) is 0.614. The summed E-state index contributed by atoms with van der Waals surface area (Å²) in [6, 6.07) is 0.527.